The van der Waals surface area contributed by atoms with Crippen molar-refractivity contribution in [2.45, 2.75) is 76.5 Å². The third-order valence-corrected chi connectivity index (χ3v) is 6.77. The van der Waals surface area contributed by atoms with Crippen LogP contribution in [0.4, 0.5) is 0 Å². The third-order valence-electron chi connectivity index (χ3n) is 6.50. The van der Waals surface area contributed by atoms with Crippen LogP contribution in [0.5, 0.6) is 0 Å². The lowest BCUT2D eigenvalue weighted by atomic mass is 10.0. The minimum absolute atomic E-state index is 0.0135. The maximum atomic E-state index is 12.9. The van der Waals surface area contributed by atoms with Crippen LogP contribution in [0, 0.1) is 0 Å². The number of likely N-dealkylation sites (tertiary alicyclic amines) is 1. The fraction of sp³-hybridized carbons (Fsp3) is 0.556. The molecule has 11 nitrogen and oxygen atoms in total. The number of alkyl halides is 1. The van der Waals surface area contributed by atoms with Crippen molar-refractivity contribution >= 4 is 47.0 Å². The second-order valence-electron chi connectivity index (χ2n) is 9.54. The van der Waals surface area contributed by atoms with Gasteiger partial charge >= 0.3 is 5.97 Å². The molecule has 1 saturated heterocycles. The van der Waals surface area contributed by atoms with Crippen molar-refractivity contribution in [3.05, 3.63) is 35.9 Å². The van der Waals surface area contributed by atoms with Crippen molar-refractivity contribution in [3.63, 3.8) is 0 Å². The number of nitrogens with one attached hydrogen (secondary N) is 3. The van der Waals surface area contributed by atoms with Gasteiger partial charge in [-0.25, -0.2) is 0 Å². The van der Waals surface area contributed by atoms with E-state index in [0.29, 0.717) is 19.4 Å². The molecule has 1 aromatic rings. The smallest absolute Gasteiger partial charge is 0.306 e. The lowest BCUT2D eigenvalue weighted by molar-refractivity contribution is -0.142. The Labute approximate surface area is 233 Å². The molecule has 4 amide bonds. The molecule has 4 atom stereocenters. The van der Waals surface area contributed by atoms with Crippen LogP contribution in [0.3, 0.4) is 0 Å². The van der Waals surface area contributed by atoms with Gasteiger partial charge in [-0.05, 0) is 38.7 Å². The minimum Gasteiger partial charge on any atom is -0.469 e. The summed E-state index contributed by atoms with van der Waals surface area (Å²) in [6.45, 7) is 3.51. The number of halogens is 1. The summed E-state index contributed by atoms with van der Waals surface area (Å²) in [5.74, 6) is -2.83. The molecular formula is C27H37ClN4O7. The van der Waals surface area contributed by atoms with Gasteiger partial charge in [0.25, 0.3) is 0 Å². The van der Waals surface area contributed by atoms with Crippen molar-refractivity contribution in [2.24, 2.45) is 0 Å². The Bertz CT molecular complexity index is 1040. The molecule has 4 unspecified atom stereocenters. The lowest BCUT2D eigenvalue weighted by Crippen LogP contribution is -2.52. The van der Waals surface area contributed by atoms with Crippen molar-refractivity contribution < 1.29 is 33.5 Å². The maximum Gasteiger partial charge on any atom is 0.306 e. The topological polar surface area (TPSA) is 151 Å². The first kappa shape index (κ1) is 31.7. The first-order chi connectivity index (χ1) is 18.5. The van der Waals surface area contributed by atoms with Crippen LogP contribution in [0.2, 0.25) is 0 Å². The molecule has 0 bridgehead atoms. The number of carbonyl (C=O) groups excluding carboxylic acids is 6. The van der Waals surface area contributed by atoms with Crippen LogP contribution >= 0.6 is 11.6 Å². The van der Waals surface area contributed by atoms with Crippen molar-refractivity contribution in [3.8, 4) is 0 Å². The van der Waals surface area contributed by atoms with Crippen LogP contribution in [-0.4, -0.2) is 84.0 Å². The van der Waals surface area contributed by atoms with E-state index in [9.17, 15) is 28.8 Å². The minimum atomic E-state index is -0.919. The average Bonchev–Trinajstić information content (AvgIpc) is 3.38. The van der Waals surface area contributed by atoms with Crippen molar-refractivity contribution in [2.75, 3.05) is 19.5 Å². The molecule has 0 saturated carbocycles. The van der Waals surface area contributed by atoms with Gasteiger partial charge in [0.2, 0.25) is 23.6 Å². The molecule has 1 aliphatic rings. The normalized spacial score (nSPS) is 16.9. The molecule has 0 radical (unpaired) electrons. The molecule has 0 spiro atoms. The lowest BCUT2D eigenvalue weighted by Gasteiger charge is -2.28. The summed E-state index contributed by atoms with van der Waals surface area (Å²) in [6.07, 6.45) is 1.37. The fourth-order valence-corrected chi connectivity index (χ4v) is 4.53. The van der Waals surface area contributed by atoms with E-state index in [1.807, 2.05) is 30.3 Å². The highest BCUT2D eigenvalue weighted by Gasteiger charge is 2.34. The maximum absolute atomic E-state index is 12.9. The van der Waals surface area contributed by atoms with E-state index < -0.39 is 41.8 Å². The average molecular weight is 565 g/mol. The number of hydrogen-bond acceptors (Lipinski definition) is 7. The number of amides is 4. The van der Waals surface area contributed by atoms with Gasteiger partial charge in [-0.15, -0.1) is 11.6 Å². The summed E-state index contributed by atoms with van der Waals surface area (Å²) in [5, 5.41) is 7.89. The van der Waals surface area contributed by atoms with Gasteiger partial charge in [0.05, 0.1) is 25.5 Å². The molecule has 1 heterocycles. The molecule has 2 rings (SSSR count). The van der Waals surface area contributed by atoms with E-state index in [2.05, 4.69) is 20.7 Å². The number of carbonyl (C=O) groups is 6. The quantitative estimate of drug-likeness (QED) is 0.224. The summed E-state index contributed by atoms with van der Waals surface area (Å²) >= 11 is 5.73. The van der Waals surface area contributed by atoms with E-state index in [1.54, 1.807) is 11.8 Å². The van der Waals surface area contributed by atoms with Crippen molar-refractivity contribution in [1.29, 1.82) is 0 Å². The Balaban J connectivity index is 1.88. The zero-order valence-electron chi connectivity index (χ0n) is 22.5. The molecule has 3 N–H and O–H groups in total. The largest absolute Gasteiger partial charge is 0.469 e. The molecule has 12 heteroatoms. The molecule has 39 heavy (non-hydrogen) atoms. The zero-order valence-corrected chi connectivity index (χ0v) is 23.3. The summed E-state index contributed by atoms with van der Waals surface area (Å²) < 4.78 is 4.51. The van der Waals surface area contributed by atoms with E-state index in [1.165, 1.54) is 14.0 Å². The first-order valence-corrected chi connectivity index (χ1v) is 13.5. The number of Topliss-reactive ketones (excluding diaryl/α,β-unsaturated/α-hetero) is 1. The SMILES string of the molecule is COC(=O)CCC(=O)NC(C)C(=O)N1CCCC1CC(=O)NC(C)C(=O)NC(Cc1ccccc1)C(=O)CCl. The number of ether oxygens (including phenoxy) is 1. The molecule has 1 aliphatic heterocycles. The van der Waals surface area contributed by atoms with Gasteiger partial charge in [-0.3, -0.25) is 28.8 Å². The fourth-order valence-electron chi connectivity index (χ4n) is 4.34. The number of ketones is 1. The summed E-state index contributed by atoms with van der Waals surface area (Å²) in [6, 6.07) is 6.24. The highest BCUT2D eigenvalue weighted by molar-refractivity contribution is 6.28. The highest BCUT2D eigenvalue weighted by Crippen LogP contribution is 2.21. The standard InChI is InChI=1S/C27H37ClN4O7/c1-17(26(37)31-21(22(33)16-28)14-19-8-5-4-6-9-19)29-24(35)15-20-10-7-13-32(20)27(38)18(2)30-23(34)11-12-25(36)39-3/h4-6,8-9,17-18,20-21H,7,10-16H2,1-3H3,(H,29,35)(H,30,34)(H,31,37). The van der Waals surface area contributed by atoms with E-state index >= 15 is 0 Å². The summed E-state index contributed by atoms with van der Waals surface area (Å²) in [7, 11) is 1.23. The molecule has 0 aromatic heterocycles. The van der Waals surface area contributed by atoms with E-state index in [0.717, 1.165) is 5.56 Å². The Hall–Kier alpha value is -3.47. The van der Waals surface area contributed by atoms with E-state index in [-0.39, 0.29) is 49.3 Å². The second kappa shape index (κ2) is 15.8. The molecule has 1 aromatic carbocycles. The van der Waals surface area contributed by atoms with Gasteiger partial charge in [0, 0.05) is 25.4 Å². The van der Waals surface area contributed by atoms with Gasteiger partial charge in [0.15, 0.2) is 5.78 Å². The van der Waals surface area contributed by atoms with Gasteiger partial charge in [-0.2, -0.15) is 0 Å². The zero-order chi connectivity index (χ0) is 28.9. The number of benzene rings is 1. The molecule has 0 aliphatic carbocycles. The predicted octanol–water partition coefficient (Wildman–Crippen LogP) is 0.866. The molecular weight excluding hydrogens is 528 g/mol. The summed E-state index contributed by atoms with van der Waals surface area (Å²) in [5.41, 5.74) is 0.859. The summed E-state index contributed by atoms with van der Waals surface area (Å²) in [4.78, 5) is 75.6. The second-order valence-corrected chi connectivity index (χ2v) is 9.80. The Morgan fingerprint density at radius 1 is 0.974 bits per heavy atom. The van der Waals surface area contributed by atoms with Crippen molar-refractivity contribution in [1.82, 2.24) is 20.9 Å². The monoisotopic (exact) mass is 564 g/mol. The van der Waals surface area contributed by atoms with Crippen LogP contribution < -0.4 is 16.0 Å². The van der Waals surface area contributed by atoms with Gasteiger partial charge in [0.1, 0.15) is 12.1 Å². The van der Waals surface area contributed by atoms with Gasteiger partial charge < -0.3 is 25.6 Å². The van der Waals surface area contributed by atoms with E-state index in [4.69, 9.17) is 11.6 Å². The Kier molecular flexibility index (Phi) is 12.9. The Morgan fingerprint density at radius 2 is 1.64 bits per heavy atom. The number of esters is 1. The molecule has 214 valence electrons. The van der Waals surface area contributed by atoms with Crippen LogP contribution in [0.1, 0.15) is 51.5 Å². The third kappa shape index (κ3) is 10.3. The number of hydrogen-bond donors (Lipinski definition) is 3. The number of nitrogens with zero attached hydrogens (tertiary/aromatic N) is 1. The van der Waals surface area contributed by atoms with Crippen LogP contribution in [-0.2, 0) is 39.9 Å². The number of methoxy groups -OCH3 is 1. The van der Waals surface area contributed by atoms with Gasteiger partial charge in [-0.1, -0.05) is 30.3 Å². The molecule has 1 fully saturated rings. The highest BCUT2D eigenvalue weighted by atomic mass is 35.5. The predicted molar refractivity (Wildman–Crippen MR) is 144 cm³/mol. The Morgan fingerprint density at radius 3 is 2.28 bits per heavy atom. The number of rotatable bonds is 14. The van der Waals surface area contributed by atoms with Crippen LogP contribution in [0.15, 0.2) is 30.3 Å². The first-order valence-electron chi connectivity index (χ1n) is 12.9. The van der Waals surface area contributed by atoms with Crippen LogP contribution in [0.25, 0.3) is 0 Å².